The van der Waals surface area contributed by atoms with Gasteiger partial charge in [-0.1, -0.05) is 28.1 Å². The van der Waals surface area contributed by atoms with Crippen LogP contribution in [0.15, 0.2) is 53.1 Å². The Morgan fingerprint density at radius 1 is 1.20 bits per heavy atom. The third-order valence-electron chi connectivity index (χ3n) is 3.60. The Morgan fingerprint density at radius 3 is 2.84 bits per heavy atom. The number of carbonyl (C=O) groups is 2. The van der Waals surface area contributed by atoms with E-state index in [4.69, 9.17) is 0 Å². The Hall–Kier alpha value is -2.74. The standard InChI is InChI=1S/C17H16BrN5O2/c1-11(16-22-21-14-7-2-3-8-23(14)16)20-15(24)10-19-17(25)12-5-4-6-13(18)9-12/h2-9,11H,10H2,1H3,(H,19,25)(H,20,24). The van der Waals surface area contributed by atoms with Crippen molar-refractivity contribution in [2.45, 2.75) is 13.0 Å². The molecule has 1 aromatic carbocycles. The van der Waals surface area contributed by atoms with Gasteiger partial charge in [0.15, 0.2) is 11.5 Å². The lowest BCUT2D eigenvalue weighted by atomic mass is 10.2. The van der Waals surface area contributed by atoms with E-state index in [-0.39, 0.29) is 24.4 Å². The summed E-state index contributed by atoms with van der Waals surface area (Å²) < 4.78 is 2.61. The predicted molar refractivity (Wildman–Crippen MR) is 96.0 cm³/mol. The summed E-state index contributed by atoms with van der Waals surface area (Å²) in [6, 6.07) is 12.2. The quantitative estimate of drug-likeness (QED) is 0.684. The van der Waals surface area contributed by atoms with E-state index in [9.17, 15) is 9.59 Å². The van der Waals surface area contributed by atoms with Gasteiger partial charge in [-0.2, -0.15) is 0 Å². The van der Waals surface area contributed by atoms with Gasteiger partial charge in [0.25, 0.3) is 5.91 Å². The molecule has 1 atom stereocenters. The van der Waals surface area contributed by atoms with E-state index in [1.165, 1.54) is 0 Å². The molecule has 1 unspecified atom stereocenters. The SMILES string of the molecule is CC(NC(=O)CNC(=O)c1cccc(Br)c1)c1nnc2ccccn12. The molecule has 7 nitrogen and oxygen atoms in total. The molecule has 0 saturated heterocycles. The molecule has 2 aromatic heterocycles. The zero-order valence-corrected chi connectivity index (χ0v) is 15.0. The van der Waals surface area contributed by atoms with Gasteiger partial charge < -0.3 is 10.6 Å². The fraction of sp³-hybridized carbons (Fsp3) is 0.176. The number of amides is 2. The Labute approximate surface area is 152 Å². The molecule has 8 heteroatoms. The molecule has 2 amide bonds. The average Bonchev–Trinajstić information content (AvgIpc) is 3.04. The number of pyridine rings is 1. The highest BCUT2D eigenvalue weighted by Crippen LogP contribution is 2.12. The first-order chi connectivity index (χ1) is 12.0. The highest BCUT2D eigenvalue weighted by molar-refractivity contribution is 9.10. The number of fused-ring (bicyclic) bond motifs is 1. The molecule has 2 heterocycles. The van der Waals surface area contributed by atoms with Crippen LogP contribution in [0.25, 0.3) is 5.65 Å². The minimum Gasteiger partial charge on any atom is -0.345 e. The molecule has 0 aliphatic heterocycles. The number of rotatable bonds is 5. The Balaban J connectivity index is 1.58. The second-order valence-electron chi connectivity index (χ2n) is 5.47. The number of carbonyl (C=O) groups excluding carboxylic acids is 2. The Bertz CT molecular complexity index is 924. The highest BCUT2D eigenvalue weighted by atomic mass is 79.9. The maximum atomic E-state index is 12.1. The molecule has 0 bridgehead atoms. The van der Waals surface area contributed by atoms with Crippen molar-refractivity contribution < 1.29 is 9.59 Å². The largest absolute Gasteiger partial charge is 0.345 e. The zero-order valence-electron chi connectivity index (χ0n) is 13.4. The zero-order chi connectivity index (χ0) is 17.8. The van der Waals surface area contributed by atoms with Crippen LogP contribution in [-0.2, 0) is 4.79 Å². The van der Waals surface area contributed by atoms with E-state index in [1.54, 1.807) is 18.2 Å². The first kappa shape index (κ1) is 17.1. The molecule has 0 spiro atoms. The van der Waals surface area contributed by atoms with Crippen LogP contribution in [0, 0.1) is 0 Å². The first-order valence-corrected chi connectivity index (χ1v) is 8.46. The lowest BCUT2D eigenvalue weighted by Crippen LogP contribution is -2.38. The predicted octanol–water partition coefficient (Wildman–Crippen LogP) is 2.10. The molecular formula is C17H16BrN5O2. The number of benzene rings is 1. The fourth-order valence-corrected chi connectivity index (χ4v) is 2.80. The monoisotopic (exact) mass is 401 g/mol. The van der Waals surface area contributed by atoms with Crippen molar-refractivity contribution in [3.8, 4) is 0 Å². The van der Waals surface area contributed by atoms with Crippen molar-refractivity contribution in [2.24, 2.45) is 0 Å². The van der Waals surface area contributed by atoms with Crippen LogP contribution in [0.4, 0.5) is 0 Å². The van der Waals surface area contributed by atoms with Gasteiger partial charge in [-0.3, -0.25) is 14.0 Å². The minimum atomic E-state index is -0.340. The summed E-state index contributed by atoms with van der Waals surface area (Å²) in [6.45, 7) is 1.70. The Morgan fingerprint density at radius 2 is 2.04 bits per heavy atom. The van der Waals surface area contributed by atoms with Gasteiger partial charge in [-0.15, -0.1) is 10.2 Å². The van der Waals surface area contributed by atoms with Crippen molar-refractivity contribution in [3.05, 3.63) is 64.5 Å². The van der Waals surface area contributed by atoms with Crippen LogP contribution in [0.5, 0.6) is 0 Å². The lowest BCUT2D eigenvalue weighted by molar-refractivity contribution is -0.120. The molecule has 0 saturated carbocycles. The fourth-order valence-electron chi connectivity index (χ4n) is 2.40. The van der Waals surface area contributed by atoms with Crippen molar-refractivity contribution in [1.82, 2.24) is 25.2 Å². The number of aromatic nitrogens is 3. The minimum absolute atomic E-state index is 0.119. The highest BCUT2D eigenvalue weighted by Gasteiger charge is 2.16. The summed E-state index contributed by atoms with van der Waals surface area (Å²) in [5.41, 5.74) is 1.19. The number of hydrogen-bond acceptors (Lipinski definition) is 4. The summed E-state index contributed by atoms with van der Waals surface area (Å²) in [6.07, 6.45) is 1.84. The third kappa shape index (κ3) is 4.03. The average molecular weight is 402 g/mol. The van der Waals surface area contributed by atoms with Gasteiger partial charge in [0.05, 0.1) is 12.6 Å². The van der Waals surface area contributed by atoms with Crippen molar-refractivity contribution >= 4 is 33.4 Å². The van der Waals surface area contributed by atoms with Gasteiger partial charge in [-0.05, 0) is 37.3 Å². The summed E-state index contributed by atoms with van der Waals surface area (Å²) in [5, 5.41) is 13.6. The van der Waals surface area contributed by atoms with Crippen LogP contribution in [-0.4, -0.2) is 33.0 Å². The topological polar surface area (TPSA) is 88.4 Å². The van der Waals surface area contributed by atoms with Crippen LogP contribution >= 0.6 is 15.9 Å². The molecule has 3 rings (SSSR count). The normalized spacial score (nSPS) is 11.9. The number of nitrogens with one attached hydrogen (secondary N) is 2. The molecule has 25 heavy (non-hydrogen) atoms. The van der Waals surface area contributed by atoms with Crippen LogP contribution in [0.3, 0.4) is 0 Å². The molecule has 0 aliphatic rings. The number of hydrogen-bond donors (Lipinski definition) is 2. The van der Waals surface area contributed by atoms with Crippen LogP contribution in [0.2, 0.25) is 0 Å². The summed E-state index contributed by atoms with van der Waals surface area (Å²) in [7, 11) is 0. The molecule has 0 fully saturated rings. The van der Waals surface area contributed by atoms with Crippen molar-refractivity contribution in [2.75, 3.05) is 6.54 Å². The molecule has 0 aliphatic carbocycles. The summed E-state index contributed by atoms with van der Waals surface area (Å²) in [4.78, 5) is 24.1. The Kier molecular flexibility index (Phi) is 5.08. The van der Waals surface area contributed by atoms with Crippen LogP contribution in [0.1, 0.15) is 29.1 Å². The molecule has 0 radical (unpaired) electrons. The van der Waals surface area contributed by atoms with E-state index in [2.05, 4.69) is 36.8 Å². The molecular weight excluding hydrogens is 386 g/mol. The summed E-state index contributed by atoms with van der Waals surface area (Å²) in [5.74, 6) is 0.0165. The van der Waals surface area contributed by atoms with Gasteiger partial charge in [0.1, 0.15) is 0 Å². The number of nitrogens with zero attached hydrogens (tertiary/aromatic N) is 3. The second kappa shape index (κ2) is 7.43. The number of halogens is 1. The van der Waals surface area contributed by atoms with E-state index < -0.39 is 0 Å². The van der Waals surface area contributed by atoms with E-state index in [0.717, 1.165) is 4.47 Å². The van der Waals surface area contributed by atoms with Gasteiger partial charge in [0, 0.05) is 16.2 Å². The van der Waals surface area contributed by atoms with E-state index >= 15 is 0 Å². The van der Waals surface area contributed by atoms with Gasteiger partial charge in [-0.25, -0.2) is 0 Å². The maximum absolute atomic E-state index is 12.1. The van der Waals surface area contributed by atoms with E-state index in [0.29, 0.717) is 17.0 Å². The van der Waals surface area contributed by atoms with Gasteiger partial charge >= 0.3 is 0 Å². The summed E-state index contributed by atoms with van der Waals surface area (Å²) >= 11 is 3.31. The van der Waals surface area contributed by atoms with Crippen LogP contribution < -0.4 is 10.6 Å². The van der Waals surface area contributed by atoms with Gasteiger partial charge in [0.2, 0.25) is 5.91 Å². The first-order valence-electron chi connectivity index (χ1n) is 7.67. The molecule has 3 aromatic rings. The van der Waals surface area contributed by atoms with Crippen molar-refractivity contribution in [3.63, 3.8) is 0 Å². The lowest BCUT2D eigenvalue weighted by Gasteiger charge is -2.13. The van der Waals surface area contributed by atoms with Crippen molar-refractivity contribution in [1.29, 1.82) is 0 Å². The molecule has 128 valence electrons. The second-order valence-corrected chi connectivity index (χ2v) is 6.38. The molecule has 2 N–H and O–H groups in total. The van der Waals surface area contributed by atoms with E-state index in [1.807, 2.05) is 41.8 Å². The maximum Gasteiger partial charge on any atom is 0.251 e. The third-order valence-corrected chi connectivity index (χ3v) is 4.09. The smallest absolute Gasteiger partial charge is 0.251 e.